The van der Waals surface area contributed by atoms with Gasteiger partial charge in [-0.1, -0.05) is 166 Å². The van der Waals surface area contributed by atoms with Crippen molar-refractivity contribution in [2.24, 2.45) is 0 Å². The molecule has 14 aromatic rings. The highest BCUT2D eigenvalue weighted by Crippen LogP contribution is 2.51. The van der Waals surface area contributed by atoms with Gasteiger partial charge in [0.25, 0.3) is 0 Å². The summed E-state index contributed by atoms with van der Waals surface area (Å²) < 4.78 is 11.3. The summed E-state index contributed by atoms with van der Waals surface area (Å²) in [7, 11) is 0. The molecule has 0 N–H and O–H groups in total. The van der Waals surface area contributed by atoms with E-state index in [-0.39, 0.29) is 5.41 Å². The zero-order chi connectivity index (χ0) is 47.7. The Bertz CT molecular complexity index is 4460. The van der Waals surface area contributed by atoms with E-state index >= 15 is 0 Å². The molecule has 15 rings (SSSR count). The van der Waals surface area contributed by atoms with Crippen molar-refractivity contribution >= 4 is 65.6 Å². The summed E-state index contributed by atoms with van der Waals surface area (Å²) in [5.41, 5.74) is 21.0. The van der Waals surface area contributed by atoms with Gasteiger partial charge in [-0.3, -0.25) is 4.57 Å². The van der Waals surface area contributed by atoms with Gasteiger partial charge in [-0.2, -0.15) is 0 Å². The summed E-state index contributed by atoms with van der Waals surface area (Å²) in [6.45, 7) is 4.72. The molecular formula is C67H44N4O. The zero-order valence-corrected chi connectivity index (χ0v) is 39.6. The van der Waals surface area contributed by atoms with Crippen LogP contribution in [0.25, 0.3) is 133 Å². The van der Waals surface area contributed by atoms with Crippen LogP contribution in [0.5, 0.6) is 0 Å². The van der Waals surface area contributed by atoms with Crippen LogP contribution in [-0.4, -0.2) is 19.1 Å². The van der Waals surface area contributed by atoms with Gasteiger partial charge in [0.2, 0.25) is 5.95 Å². The number of hydrogen-bond donors (Lipinski definition) is 0. The highest BCUT2D eigenvalue weighted by Gasteiger charge is 2.36. The molecule has 0 amide bonds. The van der Waals surface area contributed by atoms with Crippen LogP contribution in [0.15, 0.2) is 235 Å². The molecule has 0 saturated carbocycles. The maximum Gasteiger partial charge on any atom is 0.235 e. The smallest absolute Gasteiger partial charge is 0.235 e. The van der Waals surface area contributed by atoms with E-state index in [1.165, 1.54) is 44.1 Å². The number of benzene rings is 10. The van der Waals surface area contributed by atoms with Crippen LogP contribution < -0.4 is 0 Å². The second-order valence-corrected chi connectivity index (χ2v) is 19.7. The normalized spacial score (nSPS) is 13.0. The molecule has 0 fully saturated rings. The van der Waals surface area contributed by atoms with Crippen LogP contribution in [0.3, 0.4) is 0 Å². The van der Waals surface area contributed by atoms with Crippen molar-refractivity contribution in [3.63, 3.8) is 0 Å². The zero-order valence-electron chi connectivity index (χ0n) is 39.6. The van der Waals surface area contributed by atoms with E-state index in [9.17, 15) is 0 Å². The topological polar surface area (TPSA) is 48.8 Å². The monoisotopic (exact) mass is 920 g/mol. The number of furan rings is 1. The van der Waals surface area contributed by atoms with Crippen molar-refractivity contribution in [1.82, 2.24) is 19.1 Å². The van der Waals surface area contributed by atoms with Crippen LogP contribution >= 0.6 is 0 Å². The lowest BCUT2D eigenvalue weighted by atomic mass is 9.82. The fourth-order valence-corrected chi connectivity index (χ4v) is 11.9. The molecule has 0 radical (unpaired) electrons. The molecule has 0 unspecified atom stereocenters. The maximum absolute atomic E-state index is 6.66. The van der Waals surface area contributed by atoms with Gasteiger partial charge in [0.15, 0.2) is 0 Å². The number of fused-ring (bicyclic) bond motifs is 12. The molecule has 5 heteroatoms. The van der Waals surface area contributed by atoms with Gasteiger partial charge in [-0.25, -0.2) is 9.97 Å². The predicted octanol–water partition coefficient (Wildman–Crippen LogP) is 17.5. The first-order chi connectivity index (χ1) is 35.4. The van der Waals surface area contributed by atoms with Gasteiger partial charge in [0, 0.05) is 54.5 Å². The molecule has 10 aromatic carbocycles. The molecule has 4 heterocycles. The summed E-state index contributed by atoms with van der Waals surface area (Å²) in [4.78, 5) is 10.5. The first-order valence-corrected chi connectivity index (χ1v) is 24.7. The molecule has 0 saturated heterocycles. The minimum atomic E-state index is -0.104. The summed E-state index contributed by atoms with van der Waals surface area (Å²) in [6.07, 6.45) is 0. The molecule has 1 aliphatic carbocycles. The third-order valence-electron chi connectivity index (χ3n) is 15.3. The molecule has 338 valence electrons. The van der Waals surface area contributed by atoms with E-state index < -0.39 is 0 Å². The Labute approximate surface area is 415 Å². The molecule has 0 atom stereocenters. The SMILES string of the molecule is CC1(C)c2ccccc2-c2cc3c4cc(-c5ccc6oc7cccc(-c8ccc9c(c8)c8ccccc8n9-c8nc(-c9ccccc9)cc(-c9ccccc9)n8)c7c6c5)ccc4n(-c4ccccc4)c3cc21. The molecule has 5 nitrogen and oxygen atoms in total. The Balaban J connectivity index is 0.889. The second-order valence-electron chi connectivity index (χ2n) is 19.7. The van der Waals surface area contributed by atoms with Crippen LogP contribution in [0.1, 0.15) is 25.0 Å². The van der Waals surface area contributed by atoms with Crippen LogP contribution in [-0.2, 0) is 5.41 Å². The Morgan fingerprint density at radius 3 is 1.68 bits per heavy atom. The lowest BCUT2D eigenvalue weighted by Crippen LogP contribution is -2.14. The van der Waals surface area contributed by atoms with Crippen molar-refractivity contribution in [2.45, 2.75) is 19.3 Å². The minimum Gasteiger partial charge on any atom is -0.456 e. The highest BCUT2D eigenvalue weighted by molar-refractivity contribution is 6.17. The van der Waals surface area contributed by atoms with E-state index in [1.807, 2.05) is 12.1 Å². The number of para-hydroxylation sites is 2. The van der Waals surface area contributed by atoms with Crippen molar-refractivity contribution in [2.75, 3.05) is 0 Å². The fraction of sp³-hybridized carbons (Fsp3) is 0.0448. The summed E-state index contributed by atoms with van der Waals surface area (Å²) in [5, 5.41) is 6.94. The third-order valence-corrected chi connectivity index (χ3v) is 15.3. The molecule has 0 spiro atoms. The van der Waals surface area contributed by atoms with E-state index in [2.05, 4.69) is 241 Å². The number of nitrogens with zero attached hydrogens (tertiary/aromatic N) is 4. The standard InChI is InChI=1S/C67H44N4O/c1-67(2)55-26-14-12-23-48(55)50-38-53-52-35-43(29-32-60(52)70(62(53)39-56(50)67)46-21-10-5-11-22-46)44-31-34-63-54(36-44)65-47(25-16-28-64(65)72-63)45-30-33-61-51(37-45)49-24-13-15-27-59(49)71(61)66-68-57(41-17-6-3-7-18-41)40-58(69-66)42-19-8-4-9-20-42/h3-40H,1-2H3. The van der Waals surface area contributed by atoms with Gasteiger partial charge < -0.3 is 8.98 Å². The van der Waals surface area contributed by atoms with Crippen molar-refractivity contribution < 1.29 is 4.42 Å². The van der Waals surface area contributed by atoms with Gasteiger partial charge in [-0.15, -0.1) is 0 Å². The van der Waals surface area contributed by atoms with E-state index in [0.29, 0.717) is 5.95 Å². The number of aromatic nitrogens is 4. The van der Waals surface area contributed by atoms with Crippen LogP contribution in [0, 0.1) is 0 Å². The van der Waals surface area contributed by atoms with Gasteiger partial charge in [-0.05, 0) is 123 Å². The van der Waals surface area contributed by atoms with Crippen molar-refractivity contribution in [3.8, 4) is 67.5 Å². The molecule has 0 aliphatic heterocycles. The quantitative estimate of drug-likeness (QED) is 0.167. The Morgan fingerprint density at radius 1 is 0.347 bits per heavy atom. The van der Waals surface area contributed by atoms with E-state index in [0.717, 1.165) is 94.2 Å². The minimum absolute atomic E-state index is 0.104. The molecule has 4 aromatic heterocycles. The average Bonchev–Trinajstić information content (AvgIpc) is 4.15. The van der Waals surface area contributed by atoms with Gasteiger partial charge in [0.1, 0.15) is 11.2 Å². The summed E-state index contributed by atoms with van der Waals surface area (Å²) in [5.74, 6) is 0.630. The summed E-state index contributed by atoms with van der Waals surface area (Å²) >= 11 is 0. The fourth-order valence-electron chi connectivity index (χ4n) is 11.9. The average molecular weight is 921 g/mol. The van der Waals surface area contributed by atoms with Crippen LogP contribution in [0.2, 0.25) is 0 Å². The molecule has 1 aliphatic rings. The largest absolute Gasteiger partial charge is 0.456 e. The highest BCUT2D eigenvalue weighted by atomic mass is 16.3. The molecular weight excluding hydrogens is 877 g/mol. The second kappa shape index (κ2) is 15.3. The number of hydrogen-bond acceptors (Lipinski definition) is 3. The maximum atomic E-state index is 6.66. The van der Waals surface area contributed by atoms with Crippen molar-refractivity contribution in [3.05, 3.63) is 242 Å². The van der Waals surface area contributed by atoms with E-state index in [1.54, 1.807) is 0 Å². The third kappa shape index (κ3) is 6.01. The number of rotatable bonds is 6. The Kier molecular flexibility index (Phi) is 8.64. The molecule has 72 heavy (non-hydrogen) atoms. The van der Waals surface area contributed by atoms with E-state index in [4.69, 9.17) is 14.4 Å². The lowest BCUT2D eigenvalue weighted by Gasteiger charge is -2.21. The molecule has 0 bridgehead atoms. The Morgan fingerprint density at radius 2 is 0.917 bits per heavy atom. The first-order valence-electron chi connectivity index (χ1n) is 24.7. The van der Waals surface area contributed by atoms with Crippen molar-refractivity contribution in [1.29, 1.82) is 0 Å². The predicted molar refractivity (Wildman–Crippen MR) is 297 cm³/mol. The Hall–Kier alpha value is -9.32. The van der Waals surface area contributed by atoms with Gasteiger partial charge in [0.05, 0.1) is 33.5 Å². The lowest BCUT2D eigenvalue weighted by molar-refractivity contribution is 0.661. The van der Waals surface area contributed by atoms with Crippen LogP contribution in [0.4, 0.5) is 0 Å². The first kappa shape index (κ1) is 40.6. The van der Waals surface area contributed by atoms with Gasteiger partial charge >= 0.3 is 0 Å². The summed E-state index contributed by atoms with van der Waals surface area (Å²) in [6, 6.07) is 82.9.